The summed E-state index contributed by atoms with van der Waals surface area (Å²) in [5.74, 6) is -0.263. The minimum Gasteiger partial charge on any atom is -0.465 e. The van der Waals surface area contributed by atoms with Crippen molar-refractivity contribution < 1.29 is 14.3 Å². The highest BCUT2D eigenvalue weighted by Gasteiger charge is 2.15. The molecule has 0 aliphatic heterocycles. The number of nitrogens with zero attached hydrogens (tertiary/aromatic N) is 2. The van der Waals surface area contributed by atoms with E-state index in [1.54, 1.807) is 36.5 Å². The fourth-order valence-corrected chi connectivity index (χ4v) is 3.16. The van der Waals surface area contributed by atoms with Crippen LogP contribution in [-0.2, 0) is 4.74 Å². The molecule has 2 N–H and O–H groups in total. The second-order valence-electron chi connectivity index (χ2n) is 6.62. The molecule has 1 aliphatic carbocycles. The van der Waals surface area contributed by atoms with E-state index in [0.29, 0.717) is 23.2 Å². The van der Waals surface area contributed by atoms with Gasteiger partial charge in [0.1, 0.15) is 5.69 Å². The predicted octanol–water partition coefficient (Wildman–Crippen LogP) is 3.65. The lowest BCUT2D eigenvalue weighted by Crippen LogP contribution is -2.21. The first kappa shape index (κ1) is 18.8. The molecule has 0 unspecified atom stereocenters. The molecular formula is C20H24N4O3. The fraction of sp³-hybridized carbons (Fsp3) is 0.400. The van der Waals surface area contributed by atoms with Gasteiger partial charge in [0.2, 0.25) is 5.95 Å². The Morgan fingerprint density at radius 1 is 1.04 bits per heavy atom. The SMILES string of the molecule is COC(=O)c1ccc(NC(=O)c2ccnc(NC3CCCCCC3)n2)cc1. The number of hydrogen-bond acceptors (Lipinski definition) is 6. The summed E-state index contributed by atoms with van der Waals surface area (Å²) in [6.45, 7) is 0. The molecular weight excluding hydrogens is 344 g/mol. The van der Waals surface area contributed by atoms with Gasteiger partial charge in [0.25, 0.3) is 5.91 Å². The van der Waals surface area contributed by atoms with E-state index >= 15 is 0 Å². The summed E-state index contributed by atoms with van der Waals surface area (Å²) in [6, 6.07) is 8.43. The molecule has 0 radical (unpaired) electrons. The third-order valence-corrected chi connectivity index (χ3v) is 4.64. The molecule has 0 saturated heterocycles. The van der Waals surface area contributed by atoms with Crippen molar-refractivity contribution in [2.75, 3.05) is 17.7 Å². The minimum absolute atomic E-state index is 0.290. The van der Waals surface area contributed by atoms with Crippen molar-refractivity contribution >= 4 is 23.5 Å². The maximum atomic E-state index is 12.5. The van der Waals surface area contributed by atoms with Crippen LogP contribution < -0.4 is 10.6 Å². The molecule has 1 aromatic heterocycles. The maximum absolute atomic E-state index is 12.5. The molecule has 142 valence electrons. The summed E-state index contributed by atoms with van der Waals surface area (Å²) in [4.78, 5) is 32.5. The van der Waals surface area contributed by atoms with E-state index in [1.807, 2.05) is 0 Å². The smallest absolute Gasteiger partial charge is 0.337 e. The first-order valence-corrected chi connectivity index (χ1v) is 9.25. The Bertz CT molecular complexity index is 784. The third kappa shape index (κ3) is 5.26. The van der Waals surface area contributed by atoms with Gasteiger partial charge in [-0.3, -0.25) is 4.79 Å². The average molecular weight is 368 g/mol. The highest BCUT2D eigenvalue weighted by molar-refractivity contribution is 6.03. The van der Waals surface area contributed by atoms with Crippen LogP contribution in [0.1, 0.15) is 59.4 Å². The van der Waals surface area contributed by atoms with Crippen molar-refractivity contribution in [3.05, 3.63) is 47.8 Å². The number of esters is 1. The topological polar surface area (TPSA) is 93.2 Å². The summed E-state index contributed by atoms with van der Waals surface area (Å²) in [7, 11) is 1.33. The van der Waals surface area contributed by atoms with Crippen LogP contribution in [0.25, 0.3) is 0 Å². The zero-order chi connectivity index (χ0) is 19.1. The molecule has 0 spiro atoms. The van der Waals surface area contributed by atoms with Crippen LogP contribution in [0, 0.1) is 0 Å². The number of carbonyl (C=O) groups is 2. The predicted molar refractivity (Wildman–Crippen MR) is 103 cm³/mol. The molecule has 1 amide bonds. The fourth-order valence-electron chi connectivity index (χ4n) is 3.16. The zero-order valence-electron chi connectivity index (χ0n) is 15.4. The van der Waals surface area contributed by atoms with Crippen LogP contribution in [-0.4, -0.2) is 35.0 Å². The van der Waals surface area contributed by atoms with Crippen LogP contribution in [0.5, 0.6) is 0 Å². The largest absolute Gasteiger partial charge is 0.465 e. The molecule has 0 atom stereocenters. The van der Waals surface area contributed by atoms with Gasteiger partial charge in [-0.15, -0.1) is 0 Å². The number of rotatable bonds is 5. The molecule has 1 saturated carbocycles. The molecule has 1 heterocycles. The van der Waals surface area contributed by atoms with Crippen LogP contribution in [0.3, 0.4) is 0 Å². The molecule has 1 aliphatic rings. The molecule has 0 bridgehead atoms. The number of aromatic nitrogens is 2. The number of nitrogens with one attached hydrogen (secondary N) is 2. The Morgan fingerprint density at radius 2 is 1.74 bits per heavy atom. The second kappa shape index (κ2) is 9.12. The summed E-state index contributed by atoms with van der Waals surface area (Å²) in [5.41, 5.74) is 1.29. The minimum atomic E-state index is -0.419. The van der Waals surface area contributed by atoms with E-state index in [4.69, 9.17) is 0 Å². The zero-order valence-corrected chi connectivity index (χ0v) is 15.4. The normalized spacial score (nSPS) is 14.9. The van der Waals surface area contributed by atoms with Crippen LogP contribution >= 0.6 is 0 Å². The average Bonchev–Trinajstić information content (AvgIpc) is 2.97. The number of anilines is 2. The highest BCUT2D eigenvalue weighted by Crippen LogP contribution is 2.20. The van der Waals surface area contributed by atoms with E-state index in [1.165, 1.54) is 32.8 Å². The Kier molecular flexibility index (Phi) is 6.35. The van der Waals surface area contributed by atoms with Gasteiger partial charge in [-0.05, 0) is 43.2 Å². The van der Waals surface area contributed by atoms with Crippen molar-refractivity contribution in [2.45, 2.75) is 44.6 Å². The van der Waals surface area contributed by atoms with E-state index in [0.717, 1.165) is 12.8 Å². The Labute approximate surface area is 158 Å². The summed E-state index contributed by atoms with van der Waals surface area (Å²) < 4.78 is 4.66. The number of amides is 1. The van der Waals surface area contributed by atoms with Crippen molar-refractivity contribution in [1.82, 2.24) is 9.97 Å². The van der Waals surface area contributed by atoms with Crippen molar-refractivity contribution in [3.8, 4) is 0 Å². The van der Waals surface area contributed by atoms with Gasteiger partial charge in [0.05, 0.1) is 12.7 Å². The summed E-state index contributed by atoms with van der Waals surface area (Å²) in [6.07, 6.45) is 8.76. The van der Waals surface area contributed by atoms with Gasteiger partial charge in [-0.1, -0.05) is 25.7 Å². The molecule has 3 rings (SSSR count). The van der Waals surface area contributed by atoms with Crippen molar-refractivity contribution in [1.29, 1.82) is 0 Å². The highest BCUT2D eigenvalue weighted by atomic mass is 16.5. The molecule has 7 nitrogen and oxygen atoms in total. The standard InChI is InChI=1S/C20H24N4O3/c1-27-19(26)14-8-10-16(11-9-14)22-18(25)17-12-13-21-20(24-17)23-15-6-4-2-3-5-7-15/h8-13,15H,2-7H2,1H3,(H,22,25)(H,21,23,24). The van der Waals surface area contributed by atoms with Gasteiger partial charge in [0, 0.05) is 17.9 Å². The van der Waals surface area contributed by atoms with Crippen LogP contribution in [0.2, 0.25) is 0 Å². The second-order valence-corrected chi connectivity index (χ2v) is 6.62. The molecule has 1 aromatic carbocycles. The maximum Gasteiger partial charge on any atom is 0.337 e. The van der Waals surface area contributed by atoms with Crippen molar-refractivity contribution in [2.24, 2.45) is 0 Å². The lowest BCUT2D eigenvalue weighted by molar-refractivity contribution is 0.0600. The number of methoxy groups -OCH3 is 1. The van der Waals surface area contributed by atoms with E-state index in [9.17, 15) is 9.59 Å². The van der Waals surface area contributed by atoms with Gasteiger partial charge in [-0.25, -0.2) is 14.8 Å². The van der Waals surface area contributed by atoms with Gasteiger partial charge in [-0.2, -0.15) is 0 Å². The van der Waals surface area contributed by atoms with Gasteiger partial charge >= 0.3 is 5.97 Å². The number of ether oxygens (including phenoxy) is 1. The van der Waals surface area contributed by atoms with E-state index in [2.05, 4.69) is 25.3 Å². The van der Waals surface area contributed by atoms with Crippen LogP contribution in [0.15, 0.2) is 36.5 Å². The molecule has 7 heteroatoms. The molecule has 27 heavy (non-hydrogen) atoms. The first-order valence-electron chi connectivity index (χ1n) is 9.25. The van der Waals surface area contributed by atoms with Gasteiger partial charge in [0.15, 0.2) is 0 Å². The lowest BCUT2D eigenvalue weighted by atomic mass is 10.1. The Hall–Kier alpha value is -2.96. The summed E-state index contributed by atoms with van der Waals surface area (Å²) >= 11 is 0. The van der Waals surface area contributed by atoms with E-state index < -0.39 is 5.97 Å². The summed E-state index contributed by atoms with van der Waals surface area (Å²) in [5, 5.41) is 6.13. The van der Waals surface area contributed by atoms with E-state index in [-0.39, 0.29) is 11.6 Å². The lowest BCUT2D eigenvalue weighted by Gasteiger charge is -2.16. The Morgan fingerprint density at radius 3 is 2.41 bits per heavy atom. The third-order valence-electron chi connectivity index (χ3n) is 4.64. The molecule has 1 fully saturated rings. The van der Waals surface area contributed by atoms with Crippen LogP contribution in [0.4, 0.5) is 11.6 Å². The molecule has 2 aromatic rings. The van der Waals surface area contributed by atoms with Gasteiger partial charge < -0.3 is 15.4 Å². The number of hydrogen-bond donors (Lipinski definition) is 2. The first-order chi connectivity index (χ1) is 13.2. The Balaban J connectivity index is 1.63. The number of carbonyl (C=O) groups excluding carboxylic acids is 2. The number of benzene rings is 1. The quantitative estimate of drug-likeness (QED) is 0.618. The monoisotopic (exact) mass is 368 g/mol. The van der Waals surface area contributed by atoms with Crippen molar-refractivity contribution in [3.63, 3.8) is 0 Å².